The standard InChI is InChI=1S/C10H14N2O/c1-3-8(10(11)13)9-5-4-7(2)6-12-9/h4-6,8H,3H2,1-2H3,(H2,11,13). The van der Waals surface area contributed by atoms with E-state index in [2.05, 4.69) is 4.98 Å². The van der Waals surface area contributed by atoms with E-state index in [1.165, 1.54) is 0 Å². The molecule has 0 saturated carbocycles. The van der Waals surface area contributed by atoms with Gasteiger partial charge in [0.25, 0.3) is 0 Å². The Bertz CT molecular complexity index is 292. The van der Waals surface area contributed by atoms with Crippen LogP contribution in [0.2, 0.25) is 0 Å². The van der Waals surface area contributed by atoms with E-state index in [1.54, 1.807) is 6.20 Å². The summed E-state index contributed by atoms with van der Waals surface area (Å²) in [5.74, 6) is -0.556. The van der Waals surface area contributed by atoms with Gasteiger partial charge in [-0.15, -0.1) is 0 Å². The molecule has 0 aliphatic rings. The van der Waals surface area contributed by atoms with E-state index in [-0.39, 0.29) is 11.8 Å². The van der Waals surface area contributed by atoms with E-state index in [1.807, 2.05) is 26.0 Å². The first-order valence-corrected chi connectivity index (χ1v) is 4.37. The zero-order valence-electron chi connectivity index (χ0n) is 7.95. The monoisotopic (exact) mass is 178 g/mol. The molecule has 1 amide bonds. The summed E-state index contributed by atoms with van der Waals surface area (Å²) < 4.78 is 0. The second kappa shape index (κ2) is 4.03. The molecule has 1 heterocycles. The fourth-order valence-electron chi connectivity index (χ4n) is 1.24. The smallest absolute Gasteiger partial charge is 0.226 e. The van der Waals surface area contributed by atoms with Gasteiger partial charge in [-0.2, -0.15) is 0 Å². The molecule has 1 atom stereocenters. The molecule has 0 radical (unpaired) electrons. The molecule has 0 saturated heterocycles. The van der Waals surface area contributed by atoms with Crippen LogP contribution in [0.4, 0.5) is 0 Å². The molecule has 3 heteroatoms. The minimum Gasteiger partial charge on any atom is -0.369 e. The lowest BCUT2D eigenvalue weighted by Crippen LogP contribution is -2.21. The van der Waals surface area contributed by atoms with Crippen LogP contribution in [-0.2, 0) is 4.79 Å². The second-order valence-corrected chi connectivity index (χ2v) is 3.12. The van der Waals surface area contributed by atoms with Gasteiger partial charge in [-0.1, -0.05) is 13.0 Å². The molecule has 3 nitrogen and oxygen atoms in total. The van der Waals surface area contributed by atoms with Gasteiger partial charge >= 0.3 is 0 Å². The van der Waals surface area contributed by atoms with Crippen LogP contribution in [0.3, 0.4) is 0 Å². The van der Waals surface area contributed by atoms with Gasteiger partial charge in [0.1, 0.15) is 0 Å². The maximum absolute atomic E-state index is 11.0. The van der Waals surface area contributed by atoms with E-state index < -0.39 is 0 Å². The quantitative estimate of drug-likeness (QED) is 0.760. The highest BCUT2D eigenvalue weighted by Gasteiger charge is 2.15. The third-order valence-corrected chi connectivity index (χ3v) is 2.04. The summed E-state index contributed by atoms with van der Waals surface area (Å²) in [5, 5.41) is 0. The lowest BCUT2D eigenvalue weighted by molar-refractivity contribution is -0.119. The van der Waals surface area contributed by atoms with Crippen molar-refractivity contribution >= 4 is 5.91 Å². The predicted octanol–water partition coefficient (Wildman–Crippen LogP) is 1.37. The Balaban J connectivity index is 2.92. The summed E-state index contributed by atoms with van der Waals surface area (Å²) in [5.41, 5.74) is 7.09. The highest BCUT2D eigenvalue weighted by atomic mass is 16.1. The Hall–Kier alpha value is -1.38. The van der Waals surface area contributed by atoms with Crippen LogP contribution in [0.5, 0.6) is 0 Å². The number of pyridine rings is 1. The Labute approximate surface area is 78.0 Å². The zero-order valence-corrected chi connectivity index (χ0v) is 7.95. The summed E-state index contributed by atoms with van der Waals surface area (Å²) in [4.78, 5) is 15.2. The van der Waals surface area contributed by atoms with Crippen molar-refractivity contribution in [3.63, 3.8) is 0 Å². The van der Waals surface area contributed by atoms with Gasteiger partial charge in [-0.25, -0.2) is 0 Å². The van der Waals surface area contributed by atoms with Gasteiger partial charge in [0.05, 0.1) is 11.6 Å². The van der Waals surface area contributed by atoms with E-state index in [4.69, 9.17) is 5.73 Å². The summed E-state index contributed by atoms with van der Waals surface area (Å²) in [6.45, 7) is 3.89. The predicted molar refractivity (Wildman–Crippen MR) is 51.2 cm³/mol. The molecule has 2 N–H and O–H groups in total. The van der Waals surface area contributed by atoms with Gasteiger partial charge < -0.3 is 5.73 Å². The molecule has 13 heavy (non-hydrogen) atoms. The van der Waals surface area contributed by atoms with E-state index in [0.717, 1.165) is 11.3 Å². The summed E-state index contributed by atoms with van der Waals surface area (Å²) in [6.07, 6.45) is 2.45. The van der Waals surface area contributed by atoms with Crippen molar-refractivity contribution in [1.82, 2.24) is 4.98 Å². The number of hydrogen-bond acceptors (Lipinski definition) is 2. The van der Waals surface area contributed by atoms with Gasteiger partial charge in [0, 0.05) is 6.20 Å². The summed E-state index contributed by atoms with van der Waals surface area (Å²) in [7, 11) is 0. The number of nitrogens with zero attached hydrogens (tertiary/aromatic N) is 1. The first kappa shape index (κ1) is 9.71. The highest BCUT2D eigenvalue weighted by molar-refractivity contribution is 5.81. The van der Waals surface area contributed by atoms with Crippen molar-refractivity contribution in [1.29, 1.82) is 0 Å². The number of nitrogens with two attached hydrogens (primary N) is 1. The van der Waals surface area contributed by atoms with Gasteiger partial charge in [-0.05, 0) is 25.0 Å². The minimum absolute atomic E-state index is 0.249. The van der Waals surface area contributed by atoms with Crippen LogP contribution in [0.1, 0.15) is 30.5 Å². The molecular weight excluding hydrogens is 164 g/mol. The fraction of sp³-hybridized carbons (Fsp3) is 0.400. The molecular formula is C10H14N2O. The highest BCUT2D eigenvalue weighted by Crippen LogP contribution is 2.16. The molecule has 0 aliphatic heterocycles. The number of carbonyl (C=O) groups excluding carboxylic acids is 1. The third kappa shape index (κ3) is 2.28. The van der Waals surface area contributed by atoms with Crippen molar-refractivity contribution in [3.8, 4) is 0 Å². The fourth-order valence-corrected chi connectivity index (χ4v) is 1.24. The number of amides is 1. The molecule has 1 aromatic rings. The molecule has 1 unspecified atom stereocenters. The lowest BCUT2D eigenvalue weighted by atomic mass is 10.0. The van der Waals surface area contributed by atoms with E-state index in [9.17, 15) is 4.79 Å². The van der Waals surface area contributed by atoms with Crippen LogP contribution in [-0.4, -0.2) is 10.9 Å². The maximum Gasteiger partial charge on any atom is 0.226 e. The van der Waals surface area contributed by atoms with E-state index in [0.29, 0.717) is 6.42 Å². The molecule has 0 bridgehead atoms. The molecule has 0 aromatic carbocycles. The average molecular weight is 178 g/mol. The average Bonchev–Trinajstić information content (AvgIpc) is 2.09. The van der Waals surface area contributed by atoms with Crippen molar-refractivity contribution in [2.75, 3.05) is 0 Å². The lowest BCUT2D eigenvalue weighted by Gasteiger charge is -2.09. The normalized spacial score (nSPS) is 12.5. The molecule has 0 spiro atoms. The van der Waals surface area contributed by atoms with Gasteiger partial charge in [0.15, 0.2) is 0 Å². The van der Waals surface area contributed by atoms with Gasteiger partial charge in [-0.3, -0.25) is 9.78 Å². The van der Waals surface area contributed by atoms with Crippen molar-refractivity contribution < 1.29 is 4.79 Å². The molecule has 70 valence electrons. The van der Waals surface area contributed by atoms with Crippen LogP contribution in [0.15, 0.2) is 18.3 Å². The molecule has 1 aromatic heterocycles. The molecule has 1 rings (SSSR count). The number of carbonyl (C=O) groups is 1. The van der Waals surface area contributed by atoms with Crippen molar-refractivity contribution in [2.45, 2.75) is 26.2 Å². The number of primary amides is 1. The van der Waals surface area contributed by atoms with E-state index >= 15 is 0 Å². The number of rotatable bonds is 3. The Morgan fingerprint density at radius 2 is 2.31 bits per heavy atom. The van der Waals surface area contributed by atoms with Crippen LogP contribution in [0, 0.1) is 6.92 Å². The minimum atomic E-state index is -0.307. The molecule has 0 aliphatic carbocycles. The van der Waals surface area contributed by atoms with Crippen LogP contribution < -0.4 is 5.73 Å². The van der Waals surface area contributed by atoms with Crippen LogP contribution >= 0.6 is 0 Å². The summed E-state index contributed by atoms with van der Waals surface area (Å²) in [6, 6.07) is 3.79. The van der Waals surface area contributed by atoms with Crippen LogP contribution in [0.25, 0.3) is 0 Å². The topological polar surface area (TPSA) is 56.0 Å². The second-order valence-electron chi connectivity index (χ2n) is 3.12. The SMILES string of the molecule is CCC(C(N)=O)c1ccc(C)cn1. The number of aromatic nitrogens is 1. The van der Waals surface area contributed by atoms with Crippen molar-refractivity contribution in [2.24, 2.45) is 5.73 Å². The molecule has 0 fully saturated rings. The first-order chi connectivity index (χ1) is 6.15. The maximum atomic E-state index is 11.0. The van der Waals surface area contributed by atoms with Crippen molar-refractivity contribution in [3.05, 3.63) is 29.6 Å². The number of aryl methyl sites for hydroxylation is 1. The largest absolute Gasteiger partial charge is 0.369 e. The first-order valence-electron chi connectivity index (χ1n) is 4.37. The zero-order chi connectivity index (χ0) is 9.84. The Kier molecular flexibility index (Phi) is 3.01. The Morgan fingerprint density at radius 3 is 2.69 bits per heavy atom. The Morgan fingerprint density at radius 1 is 1.62 bits per heavy atom. The summed E-state index contributed by atoms with van der Waals surface area (Å²) >= 11 is 0. The number of hydrogen-bond donors (Lipinski definition) is 1. The van der Waals surface area contributed by atoms with Gasteiger partial charge in [0.2, 0.25) is 5.91 Å². The third-order valence-electron chi connectivity index (χ3n) is 2.04.